The summed E-state index contributed by atoms with van der Waals surface area (Å²) in [5, 5.41) is 7.44. The van der Waals surface area contributed by atoms with Crippen LogP contribution in [0.4, 0.5) is 10.3 Å². The molecule has 0 amide bonds. The number of hydrogen-bond donors (Lipinski definition) is 1. The van der Waals surface area contributed by atoms with Crippen LogP contribution in [0.1, 0.15) is 37.4 Å². The van der Waals surface area contributed by atoms with Crippen molar-refractivity contribution in [2.24, 2.45) is 0 Å². The molecule has 0 saturated heterocycles. The molecule has 1 aliphatic heterocycles. The second-order valence-electron chi connectivity index (χ2n) is 7.64. The van der Waals surface area contributed by atoms with E-state index in [1.54, 1.807) is 35.9 Å². The molecule has 2 heterocycles. The van der Waals surface area contributed by atoms with Gasteiger partial charge in [-0.25, -0.2) is 13.9 Å². The smallest absolute Gasteiger partial charge is 0.338 e. The largest absolute Gasteiger partial charge is 0.493 e. The minimum atomic E-state index is -0.603. The summed E-state index contributed by atoms with van der Waals surface area (Å²) in [6.45, 7) is 4.06. The highest BCUT2D eigenvalue weighted by Crippen LogP contribution is 2.43. The third-order valence-electron chi connectivity index (χ3n) is 5.35. The van der Waals surface area contributed by atoms with Crippen LogP contribution < -0.4 is 14.8 Å². The highest BCUT2D eigenvalue weighted by molar-refractivity contribution is 9.10. The Labute approximate surface area is 204 Å². The van der Waals surface area contributed by atoms with E-state index in [9.17, 15) is 9.18 Å². The van der Waals surface area contributed by atoms with Gasteiger partial charge in [0.15, 0.2) is 11.5 Å². The lowest BCUT2D eigenvalue weighted by atomic mass is 9.95. The maximum Gasteiger partial charge on any atom is 0.338 e. The monoisotopic (exact) mass is 530 g/mol. The number of carbonyl (C=O) groups is 1. The number of allylic oxidation sites excluding steroid dienone is 1. The third kappa shape index (κ3) is 4.63. The Hall–Kier alpha value is -3.40. The molecule has 1 unspecified atom stereocenters. The molecule has 34 heavy (non-hydrogen) atoms. The first kappa shape index (κ1) is 23.7. The van der Waals surface area contributed by atoms with Gasteiger partial charge in [-0.1, -0.05) is 25.1 Å². The lowest BCUT2D eigenvalue weighted by Crippen LogP contribution is -2.29. The molecular weight excluding hydrogens is 507 g/mol. The maximum atomic E-state index is 14.0. The summed E-state index contributed by atoms with van der Waals surface area (Å²) < 4.78 is 33.2. The van der Waals surface area contributed by atoms with Crippen LogP contribution in [-0.2, 0) is 16.1 Å². The molecule has 0 radical (unpaired) electrons. The molecule has 1 aliphatic rings. The topological polar surface area (TPSA) is 87.5 Å². The maximum absolute atomic E-state index is 14.0. The Balaban J connectivity index is 1.73. The molecule has 8 nitrogen and oxygen atoms in total. The number of rotatable bonds is 8. The number of hydrogen-bond acceptors (Lipinski definition) is 7. The van der Waals surface area contributed by atoms with Gasteiger partial charge in [-0.2, -0.15) is 10.1 Å². The fourth-order valence-electron chi connectivity index (χ4n) is 3.74. The highest BCUT2D eigenvalue weighted by atomic mass is 79.9. The molecule has 1 N–H and O–H groups in total. The van der Waals surface area contributed by atoms with Gasteiger partial charge in [-0.15, -0.1) is 0 Å². The molecule has 1 atom stereocenters. The molecule has 4 rings (SSSR count). The van der Waals surface area contributed by atoms with E-state index in [1.807, 2.05) is 13.0 Å². The minimum Gasteiger partial charge on any atom is -0.493 e. The molecule has 0 spiro atoms. The highest BCUT2D eigenvalue weighted by Gasteiger charge is 2.35. The molecule has 3 aromatic rings. The summed E-state index contributed by atoms with van der Waals surface area (Å²) in [5.74, 6) is 0.550. The van der Waals surface area contributed by atoms with Crippen LogP contribution >= 0.6 is 15.9 Å². The van der Waals surface area contributed by atoms with E-state index in [1.165, 1.54) is 19.5 Å². The van der Waals surface area contributed by atoms with Crippen LogP contribution in [-0.4, -0.2) is 34.5 Å². The van der Waals surface area contributed by atoms with Crippen molar-refractivity contribution < 1.29 is 23.4 Å². The number of benzene rings is 2. The number of aromatic nitrogens is 3. The lowest BCUT2D eigenvalue weighted by Gasteiger charge is -2.29. The molecule has 10 heteroatoms. The Bertz CT molecular complexity index is 1240. The predicted molar refractivity (Wildman–Crippen MR) is 127 cm³/mol. The molecule has 0 aliphatic carbocycles. The number of fused-ring (bicyclic) bond motifs is 1. The number of methoxy groups -OCH3 is 1. The number of halogens is 2. The van der Waals surface area contributed by atoms with E-state index in [4.69, 9.17) is 14.2 Å². The van der Waals surface area contributed by atoms with Gasteiger partial charge in [0.05, 0.1) is 23.8 Å². The van der Waals surface area contributed by atoms with Crippen molar-refractivity contribution in [1.29, 1.82) is 0 Å². The van der Waals surface area contributed by atoms with Crippen LogP contribution in [0, 0.1) is 5.82 Å². The number of anilines is 1. The van der Waals surface area contributed by atoms with E-state index < -0.39 is 12.0 Å². The summed E-state index contributed by atoms with van der Waals surface area (Å²) in [6.07, 6.45) is 2.12. The molecule has 0 fully saturated rings. The molecule has 0 bridgehead atoms. The molecular formula is C24H24BrFN4O4. The SMILES string of the molecule is CCCOC(=O)C1=C(C)Nc2ncnn2C1c1cc(Br)c(OCc2ccccc2F)c(OC)c1. The summed E-state index contributed by atoms with van der Waals surface area (Å²) in [5.41, 5.74) is 2.17. The van der Waals surface area contributed by atoms with Gasteiger partial charge in [0.1, 0.15) is 24.8 Å². The summed E-state index contributed by atoms with van der Waals surface area (Å²) in [4.78, 5) is 17.2. The average molecular weight is 531 g/mol. The van der Waals surface area contributed by atoms with Crippen molar-refractivity contribution in [3.05, 3.63) is 75.4 Å². The number of ether oxygens (including phenoxy) is 3. The Kier molecular flexibility index (Phi) is 7.16. The number of carbonyl (C=O) groups excluding carboxylic acids is 1. The van der Waals surface area contributed by atoms with Crippen LogP contribution in [0.2, 0.25) is 0 Å². The Morgan fingerprint density at radius 1 is 1.29 bits per heavy atom. The van der Waals surface area contributed by atoms with Gasteiger partial charge in [-0.05, 0) is 53.0 Å². The second-order valence-corrected chi connectivity index (χ2v) is 8.50. The number of nitrogens with zero attached hydrogens (tertiary/aromatic N) is 3. The minimum absolute atomic E-state index is 0.0230. The quantitative estimate of drug-likeness (QED) is 0.409. The first-order valence-electron chi connectivity index (χ1n) is 10.7. The van der Waals surface area contributed by atoms with E-state index >= 15 is 0 Å². The van der Waals surface area contributed by atoms with Crippen molar-refractivity contribution >= 4 is 27.8 Å². The third-order valence-corrected chi connectivity index (χ3v) is 5.94. The van der Waals surface area contributed by atoms with E-state index in [0.29, 0.717) is 57.3 Å². The van der Waals surface area contributed by atoms with E-state index in [0.717, 1.165) is 0 Å². The van der Waals surface area contributed by atoms with Gasteiger partial charge in [0.2, 0.25) is 5.95 Å². The Morgan fingerprint density at radius 2 is 2.09 bits per heavy atom. The summed E-state index contributed by atoms with van der Waals surface area (Å²) in [6, 6.07) is 9.40. The van der Waals surface area contributed by atoms with Gasteiger partial charge in [0, 0.05) is 11.3 Å². The van der Waals surface area contributed by atoms with Crippen LogP contribution in [0.15, 0.2) is 58.5 Å². The van der Waals surface area contributed by atoms with E-state index in [2.05, 4.69) is 31.3 Å². The first-order valence-corrected chi connectivity index (χ1v) is 11.5. The van der Waals surface area contributed by atoms with Crippen LogP contribution in [0.5, 0.6) is 11.5 Å². The van der Waals surface area contributed by atoms with Crippen LogP contribution in [0.3, 0.4) is 0 Å². The zero-order valence-corrected chi connectivity index (χ0v) is 20.6. The van der Waals surface area contributed by atoms with Crippen molar-refractivity contribution in [2.75, 3.05) is 19.0 Å². The standard InChI is InChI=1S/C24H24BrFN4O4/c1-4-9-33-23(31)20-14(2)29-24-27-13-28-30(24)21(20)16-10-17(25)22(19(11-16)32-3)34-12-15-7-5-6-8-18(15)26/h5-8,10-11,13,21H,4,9,12H2,1-3H3,(H,27,28,29). The van der Waals surface area contributed by atoms with Gasteiger partial charge in [-0.3, -0.25) is 0 Å². The zero-order valence-electron chi connectivity index (χ0n) is 19.0. The molecule has 0 saturated carbocycles. The van der Waals surface area contributed by atoms with E-state index in [-0.39, 0.29) is 12.4 Å². The zero-order chi connectivity index (χ0) is 24.2. The second kappa shape index (κ2) is 10.3. The van der Waals surface area contributed by atoms with Crippen LogP contribution in [0.25, 0.3) is 0 Å². The van der Waals surface area contributed by atoms with Crippen molar-refractivity contribution in [1.82, 2.24) is 14.8 Å². The van der Waals surface area contributed by atoms with Crippen molar-refractivity contribution in [3.8, 4) is 11.5 Å². The normalized spacial score (nSPS) is 14.9. The number of nitrogens with one attached hydrogen (secondary N) is 1. The lowest BCUT2D eigenvalue weighted by molar-refractivity contribution is -0.139. The number of esters is 1. The fraction of sp³-hybridized carbons (Fsp3) is 0.292. The fourth-order valence-corrected chi connectivity index (χ4v) is 4.31. The van der Waals surface area contributed by atoms with Gasteiger partial charge >= 0.3 is 5.97 Å². The van der Waals surface area contributed by atoms with Crippen molar-refractivity contribution in [3.63, 3.8) is 0 Å². The first-order chi connectivity index (χ1) is 16.4. The Morgan fingerprint density at radius 3 is 2.82 bits per heavy atom. The predicted octanol–water partition coefficient (Wildman–Crippen LogP) is 5.01. The van der Waals surface area contributed by atoms with Gasteiger partial charge < -0.3 is 19.5 Å². The average Bonchev–Trinajstić information content (AvgIpc) is 3.29. The molecule has 1 aromatic heterocycles. The van der Waals surface area contributed by atoms with Crippen molar-refractivity contribution in [2.45, 2.75) is 32.9 Å². The summed E-state index contributed by atoms with van der Waals surface area (Å²) >= 11 is 3.55. The molecule has 2 aromatic carbocycles. The molecule has 178 valence electrons. The summed E-state index contributed by atoms with van der Waals surface area (Å²) in [7, 11) is 1.52. The van der Waals surface area contributed by atoms with Gasteiger partial charge in [0.25, 0.3) is 0 Å².